The van der Waals surface area contributed by atoms with Gasteiger partial charge >= 0.3 is 0 Å². The maximum atomic E-state index is 5.74. The number of aryl methyl sites for hydroxylation is 2. The van der Waals surface area contributed by atoms with Crippen LogP contribution in [0.1, 0.15) is 36.4 Å². The second-order valence-electron chi connectivity index (χ2n) is 6.17. The lowest BCUT2D eigenvalue weighted by atomic mass is 9.84. The van der Waals surface area contributed by atoms with Crippen molar-refractivity contribution in [3.05, 3.63) is 23.5 Å². The summed E-state index contributed by atoms with van der Waals surface area (Å²) in [5.74, 6) is 2.94. The summed E-state index contributed by atoms with van der Waals surface area (Å²) < 4.78 is 19.3. The van der Waals surface area contributed by atoms with Gasteiger partial charge in [0.2, 0.25) is 5.75 Å². The fourth-order valence-corrected chi connectivity index (χ4v) is 4.28. The predicted octanol–water partition coefficient (Wildman–Crippen LogP) is -0.0193. The highest BCUT2D eigenvalue weighted by molar-refractivity contribution is 5.95. The molecular formula is C18H22ClNO3. The van der Waals surface area contributed by atoms with Crippen molar-refractivity contribution in [1.82, 2.24) is 0 Å². The van der Waals surface area contributed by atoms with E-state index < -0.39 is 0 Å². The normalized spacial score (nSPS) is 18.3. The molecule has 124 valence electrons. The maximum Gasteiger partial charge on any atom is 0.203 e. The van der Waals surface area contributed by atoms with E-state index in [4.69, 9.17) is 14.2 Å². The predicted molar refractivity (Wildman–Crippen MR) is 84.1 cm³/mol. The Hall–Kier alpha value is -1.68. The number of methoxy groups -OCH3 is 3. The Kier molecular flexibility index (Phi) is 4.28. The van der Waals surface area contributed by atoms with Crippen LogP contribution in [0.25, 0.3) is 10.8 Å². The van der Waals surface area contributed by atoms with E-state index in [1.165, 1.54) is 41.3 Å². The largest absolute Gasteiger partial charge is 1.00 e. The third-order valence-corrected chi connectivity index (χ3v) is 5.16. The van der Waals surface area contributed by atoms with E-state index in [0.29, 0.717) is 11.7 Å². The van der Waals surface area contributed by atoms with Crippen LogP contribution >= 0.6 is 0 Å². The Morgan fingerprint density at radius 1 is 1.04 bits per heavy atom. The van der Waals surface area contributed by atoms with Crippen LogP contribution in [0.4, 0.5) is 0 Å². The summed E-state index contributed by atoms with van der Waals surface area (Å²) in [6, 6.07) is 2.07. The van der Waals surface area contributed by atoms with Crippen molar-refractivity contribution in [3.8, 4) is 17.2 Å². The minimum absolute atomic E-state index is 0. The van der Waals surface area contributed by atoms with Gasteiger partial charge in [-0.25, -0.2) is 4.57 Å². The Labute approximate surface area is 142 Å². The van der Waals surface area contributed by atoms with Gasteiger partial charge in [0.25, 0.3) is 0 Å². The van der Waals surface area contributed by atoms with E-state index in [0.717, 1.165) is 24.5 Å². The summed E-state index contributed by atoms with van der Waals surface area (Å²) >= 11 is 0. The molecule has 0 saturated carbocycles. The maximum absolute atomic E-state index is 5.74. The number of halogens is 1. The molecule has 0 amide bonds. The zero-order valence-corrected chi connectivity index (χ0v) is 14.6. The summed E-state index contributed by atoms with van der Waals surface area (Å²) in [6.45, 7) is 1.12. The van der Waals surface area contributed by atoms with Crippen molar-refractivity contribution in [2.75, 3.05) is 21.3 Å². The average molecular weight is 336 g/mol. The van der Waals surface area contributed by atoms with Gasteiger partial charge in [0.1, 0.15) is 6.54 Å². The molecule has 0 bridgehead atoms. The minimum Gasteiger partial charge on any atom is -1.00 e. The number of benzene rings is 1. The Balaban J connectivity index is 0.00000156. The second-order valence-corrected chi connectivity index (χ2v) is 6.17. The third kappa shape index (κ3) is 2.23. The number of hydrogen-bond donors (Lipinski definition) is 0. The van der Waals surface area contributed by atoms with Gasteiger partial charge < -0.3 is 26.6 Å². The van der Waals surface area contributed by atoms with Crippen molar-refractivity contribution < 1.29 is 31.2 Å². The first-order valence-electron chi connectivity index (χ1n) is 7.96. The van der Waals surface area contributed by atoms with Crippen LogP contribution in [0.5, 0.6) is 17.2 Å². The summed E-state index contributed by atoms with van der Waals surface area (Å²) in [7, 11) is 5.05. The lowest BCUT2D eigenvalue weighted by Gasteiger charge is -2.21. The number of fused-ring (bicyclic) bond motifs is 2. The van der Waals surface area contributed by atoms with Gasteiger partial charge in [0, 0.05) is 17.4 Å². The molecule has 2 aromatic rings. The highest BCUT2D eigenvalue weighted by Crippen LogP contribution is 2.47. The van der Waals surface area contributed by atoms with Gasteiger partial charge in [-0.2, -0.15) is 0 Å². The highest BCUT2D eigenvalue weighted by atomic mass is 35.5. The average Bonchev–Trinajstić information content (AvgIpc) is 2.97. The third-order valence-electron chi connectivity index (χ3n) is 5.16. The number of hydrogen-bond acceptors (Lipinski definition) is 3. The number of ether oxygens (including phenoxy) is 3. The molecule has 0 saturated heterocycles. The van der Waals surface area contributed by atoms with E-state index in [-0.39, 0.29) is 12.4 Å². The first-order chi connectivity index (χ1) is 10.8. The van der Waals surface area contributed by atoms with Crippen molar-refractivity contribution in [3.63, 3.8) is 0 Å². The Morgan fingerprint density at radius 3 is 2.52 bits per heavy atom. The molecule has 0 N–H and O–H groups in total. The molecule has 1 atom stereocenters. The first kappa shape index (κ1) is 16.2. The van der Waals surface area contributed by atoms with Crippen molar-refractivity contribution >= 4 is 10.8 Å². The number of aromatic nitrogens is 1. The SMILES string of the molecule is COc1cc2c[n+]3c4c(c2c(OC)c1OC)CCCC4CC3.[Cl-]. The molecule has 1 aromatic heterocycles. The van der Waals surface area contributed by atoms with E-state index in [2.05, 4.69) is 16.8 Å². The van der Waals surface area contributed by atoms with Crippen molar-refractivity contribution in [2.45, 2.75) is 38.1 Å². The van der Waals surface area contributed by atoms with E-state index >= 15 is 0 Å². The van der Waals surface area contributed by atoms with Crippen molar-refractivity contribution in [2.24, 2.45) is 0 Å². The van der Waals surface area contributed by atoms with E-state index in [9.17, 15) is 0 Å². The molecule has 4 nitrogen and oxygen atoms in total. The lowest BCUT2D eigenvalue weighted by Crippen LogP contribution is -3.00. The van der Waals surface area contributed by atoms with Crippen LogP contribution in [-0.2, 0) is 13.0 Å². The van der Waals surface area contributed by atoms with Crippen LogP contribution in [0, 0.1) is 0 Å². The molecule has 23 heavy (non-hydrogen) atoms. The number of pyridine rings is 1. The molecule has 1 unspecified atom stereocenters. The zero-order valence-electron chi connectivity index (χ0n) is 13.8. The fourth-order valence-electron chi connectivity index (χ4n) is 4.28. The molecule has 2 aliphatic rings. The van der Waals surface area contributed by atoms with Gasteiger partial charge in [0.15, 0.2) is 23.4 Å². The fraction of sp³-hybridized carbons (Fsp3) is 0.500. The van der Waals surface area contributed by atoms with Crippen LogP contribution in [0.15, 0.2) is 12.3 Å². The number of rotatable bonds is 3. The quantitative estimate of drug-likeness (QED) is 0.739. The van der Waals surface area contributed by atoms with Crippen LogP contribution in [-0.4, -0.2) is 21.3 Å². The smallest absolute Gasteiger partial charge is 0.203 e. The van der Waals surface area contributed by atoms with E-state index in [1.807, 2.05) is 0 Å². The topological polar surface area (TPSA) is 31.6 Å². The van der Waals surface area contributed by atoms with Crippen LogP contribution in [0.3, 0.4) is 0 Å². The van der Waals surface area contributed by atoms with Gasteiger partial charge in [-0.3, -0.25) is 0 Å². The molecule has 0 radical (unpaired) electrons. The summed E-state index contributed by atoms with van der Waals surface area (Å²) in [6.07, 6.45) is 7.21. The van der Waals surface area contributed by atoms with Crippen LogP contribution in [0.2, 0.25) is 0 Å². The molecule has 1 aliphatic carbocycles. The first-order valence-corrected chi connectivity index (χ1v) is 7.96. The molecule has 0 spiro atoms. The Bertz CT molecular complexity index is 749. The molecule has 1 aromatic carbocycles. The molecule has 5 heteroatoms. The molecule has 0 fully saturated rings. The van der Waals surface area contributed by atoms with Crippen LogP contribution < -0.4 is 31.2 Å². The molecule has 2 heterocycles. The summed E-state index contributed by atoms with van der Waals surface area (Å²) in [5.41, 5.74) is 2.97. The second kappa shape index (κ2) is 6.08. The standard InChI is InChI=1S/C18H22NO3.ClH/c1-20-14-9-12-10-19-8-7-11-5-4-6-13(16(11)19)15(12)18(22-3)17(14)21-2;/h9-11H,4-8H2,1-3H3;1H/q+1;/p-1. The molecular weight excluding hydrogens is 314 g/mol. The highest BCUT2D eigenvalue weighted by Gasteiger charge is 2.38. The Morgan fingerprint density at radius 2 is 1.83 bits per heavy atom. The summed E-state index contributed by atoms with van der Waals surface area (Å²) in [5, 5.41) is 2.38. The zero-order chi connectivity index (χ0) is 15.3. The van der Waals surface area contributed by atoms with Gasteiger partial charge in [-0.1, -0.05) is 0 Å². The monoisotopic (exact) mass is 335 g/mol. The lowest BCUT2D eigenvalue weighted by molar-refractivity contribution is -0.690. The van der Waals surface area contributed by atoms with Gasteiger partial charge in [-0.05, 0) is 25.3 Å². The molecule has 1 aliphatic heterocycles. The molecule has 4 rings (SSSR count). The van der Waals surface area contributed by atoms with E-state index in [1.54, 1.807) is 21.3 Å². The van der Waals surface area contributed by atoms with Gasteiger partial charge in [-0.15, -0.1) is 0 Å². The van der Waals surface area contributed by atoms with Gasteiger partial charge in [0.05, 0.1) is 32.6 Å². The minimum atomic E-state index is 0. The summed E-state index contributed by atoms with van der Waals surface area (Å²) in [4.78, 5) is 0. The van der Waals surface area contributed by atoms with Crippen molar-refractivity contribution in [1.29, 1.82) is 0 Å². The number of nitrogens with zero attached hydrogens (tertiary/aromatic N) is 1.